The highest BCUT2D eigenvalue weighted by Crippen LogP contribution is 2.27. The van der Waals surface area contributed by atoms with Gasteiger partial charge in [0.05, 0.1) is 11.9 Å². The van der Waals surface area contributed by atoms with Gasteiger partial charge in [0.2, 0.25) is 15.9 Å². The molecule has 0 radical (unpaired) electrons. The van der Waals surface area contributed by atoms with Crippen molar-refractivity contribution in [2.75, 3.05) is 17.2 Å². The van der Waals surface area contributed by atoms with Crippen LogP contribution in [0.15, 0.2) is 24.3 Å². The third-order valence-electron chi connectivity index (χ3n) is 3.34. The van der Waals surface area contributed by atoms with Crippen molar-refractivity contribution in [1.82, 2.24) is 0 Å². The molecule has 20 heavy (non-hydrogen) atoms. The van der Waals surface area contributed by atoms with E-state index in [4.69, 9.17) is 5.14 Å². The van der Waals surface area contributed by atoms with E-state index < -0.39 is 16.1 Å². The van der Waals surface area contributed by atoms with Crippen molar-refractivity contribution in [3.8, 4) is 0 Å². The van der Waals surface area contributed by atoms with Crippen molar-refractivity contribution in [2.45, 2.75) is 19.4 Å². The number of sulfonamides is 1. The quantitative estimate of drug-likeness (QED) is 0.839. The lowest BCUT2D eigenvalue weighted by Crippen LogP contribution is -2.27. The van der Waals surface area contributed by atoms with E-state index in [9.17, 15) is 18.3 Å². The van der Waals surface area contributed by atoms with E-state index in [1.54, 1.807) is 36.1 Å². The zero-order valence-corrected chi connectivity index (χ0v) is 12.0. The number of nitrogens with two attached hydrogens (primary N) is 1. The first-order chi connectivity index (χ1) is 9.26. The molecule has 3 N–H and O–H groups in total. The molecule has 1 aliphatic heterocycles. The van der Waals surface area contributed by atoms with Gasteiger partial charge in [0.1, 0.15) is 0 Å². The number of nitrogens with zero attached hydrogens (tertiary/aromatic N) is 1. The lowest BCUT2D eigenvalue weighted by atomic mass is 10.1. The molecule has 0 spiro atoms. The van der Waals surface area contributed by atoms with E-state index in [2.05, 4.69) is 0 Å². The molecular formula is C13H18N2O4S. The SMILES string of the molecule is CC(O)c1cccc(N2CC(CS(N)(=O)=O)CC2=O)c1. The number of amides is 1. The number of carbonyl (C=O) groups is 1. The van der Waals surface area contributed by atoms with E-state index >= 15 is 0 Å². The smallest absolute Gasteiger partial charge is 0.227 e. The standard InChI is InChI=1S/C13H18N2O4S/c1-9(16)11-3-2-4-12(6-11)15-7-10(5-13(15)17)8-20(14,18)19/h2-4,6,9-10,16H,5,7-8H2,1H3,(H2,14,18,19). The Labute approximate surface area is 118 Å². The Morgan fingerprint density at radius 3 is 2.80 bits per heavy atom. The Bertz CT molecular complexity index is 613. The highest BCUT2D eigenvalue weighted by molar-refractivity contribution is 7.89. The molecule has 2 unspecified atom stereocenters. The number of anilines is 1. The predicted molar refractivity (Wildman–Crippen MR) is 75.5 cm³/mol. The van der Waals surface area contributed by atoms with Gasteiger partial charge in [0, 0.05) is 24.6 Å². The number of aliphatic hydroxyl groups excluding tert-OH is 1. The van der Waals surface area contributed by atoms with Gasteiger partial charge in [0.25, 0.3) is 0 Å². The van der Waals surface area contributed by atoms with Crippen molar-refractivity contribution in [3.63, 3.8) is 0 Å². The molecule has 0 aliphatic carbocycles. The van der Waals surface area contributed by atoms with E-state index in [0.717, 1.165) is 0 Å². The molecule has 1 fully saturated rings. The van der Waals surface area contributed by atoms with Crippen LogP contribution in [0.4, 0.5) is 5.69 Å². The molecule has 1 aliphatic rings. The van der Waals surface area contributed by atoms with Gasteiger partial charge in [-0.1, -0.05) is 12.1 Å². The molecule has 1 aromatic carbocycles. The highest BCUT2D eigenvalue weighted by Gasteiger charge is 2.32. The molecule has 1 heterocycles. The minimum atomic E-state index is -3.58. The van der Waals surface area contributed by atoms with Gasteiger partial charge in [-0.3, -0.25) is 4.79 Å². The second kappa shape index (κ2) is 5.51. The third kappa shape index (κ3) is 3.56. The summed E-state index contributed by atoms with van der Waals surface area (Å²) in [6.45, 7) is 1.98. The van der Waals surface area contributed by atoms with Crippen molar-refractivity contribution < 1.29 is 18.3 Å². The molecular weight excluding hydrogens is 280 g/mol. The summed E-state index contributed by atoms with van der Waals surface area (Å²) < 4.78 is 22.2. The number of benzene rings is 1. The normalized spacial score (nSPS) is 21.2. The highest BCUT2D eigenvalue weighted by atomic mass is 32.2. The number of primary sulfonamides is 1. The van der Waals surface area contributed by atoms with Crippen LogP contribution >= 0.6 is 0 Å². The maximum absolute atomic E-state index is 12.0. The number of hydrogen-bond acceptors (Lipinski definition) is 4. The minimum Gasteiger partial charge on any atom is -0.389 e. The maximum Gasteiger partial charge on any atom is 0.227 e. The van der Waals surface area contributed by atoms with E-state index in [1.807, 2.05) is 0 Å². The minimum absolute atomic E-state index is 0.124. The van der Waals surface area contributed by atoms with Crippen LogP contribution in [-0.2, 0) is 14.8 Å². The van der Waals surface area contributed by atoms with Crippen molar-refractivity contribution in [1.29, 1.82) is 0 Å². The lowest BCUT2D eigenvalue weighted by Gasteiger charge is -2.18. The number of rotatable bonds is 4. The summed E-state index contributed by atoms with van der Waals surface area (Å²) in [6.07, 6.45) is -0.442. The van der Waals surface area contributed by atoms with E-state index in [0.29, 0.717) is 17.8 Å². The molecule has 0 saturated carbocycles. The fourth-order valence-electron chi connectivity index (χ4n) is 2.42. The van der Waals surface area contributed by atoms with Crippen LogP contribution in [0.5, 0.6) is 0 Å². The first-order valence-corrected chi connectivity index (χ1v) is 8.06. The van der Waals surface area contributed by atoms with Crippen LogP contribution in [0.3, 0.4) is 0 Å². The van der Waals surface area contributed by atoms with Crippen LogP contribution < -0.4 is 10.0 Å². The summed E-state index contributed by atoms with van der Waals surface area (Å²) in [6, 6.07) is 7.04. The molecule has 0 bridgehead atoms. The lowest BCUT2D eigenvalue weighted by molar-refractivity contribution is -0.117. The first-order valence-electron chi connectivity index (χ1n) is 6.35. The molecule has 0 aromatic heterocycles. The number of aliphatic hydroxyl groups is 1. The Hall–Kier alpha value is -1.44. The molecule has 1 saturated heterocycles. The second-order valence-electron chi connectivity index (χ2n) is 5.17. The van der Waals surface area contributed by atoms with Crippen molar-refractivity contribution >= 4 is 21.6 Å². The van der Waals surface area contributed by atoms with Gasteiger partial charge < -0.3 is 10.0 Å². The zero-order valence-electron chi connectivity index (χ0n) is 11.2. The fraction of sp³-hybridized carbons (Fsp3) is 0.462. The van der Waals surface area contributed by atoms with Crippen LogP contribution in [0.25, 0.3) is 0 Å². The molecule has 2 rings (SSSR count). The van der Waals surface area contributed by atoms with Gasteiger partial charge in [-0.15, -0.1) is 0 Å². The van der Waals surface area contributed by atoms with E-state index in [1.165, 1.54) is 0 Å². The predicted octanol–water partition coefficient (Wildman–Crippen LogP) is 0.381. The molecule has 7 heteroatoms. The number of carbonyl (C=O) groups excluding carboxylic acids is 1. The average molecular weight is 298 g/mol. The zero-order chi connectivity index (χ0) is 14.9. The van der Waals surface area contributed by atoms with Crippen molar-refractivity contribution in [2.24, 2.45) is 11.1 Å². The Morgan fingerprint density at radius 1 is 1.50 bits per heavy atom. The fourth-order valence-corrected chi connectivity index (χ4v) is 3.30. The third-order valence-corrected chi connectivity index (χ3v) is 4.27. The molecule has 110 valence electrons. The Balaban J connectivity index is 2.17. The van der Waals surface area contributed by atoms with Crippen LogP contribution in [-0.4, -0.2) is 31.7 Å². The van der Waals surface area contributed by atoms with Gasteiger partial charge >= 0.3 is 0 Å². The van der Waals surface area contributed by atoms with Crippen LogP contribution in [0.2, 0.25) is 0 Å². The maximum atomic E-state index is 12.0. The summed E-state index contributed by atoms with van der Waals surface area (Å²) in [4.78, 5) is 13.5. The Morgan fingerprint density at radius 2 is 2.20 bits per heavy atom. The average Bonchev–Trinajstić information content (AvgIpc) is 2.68. The second-order valence-corrected chi connectivity index (χ2v) is 6.83. The summed E-state index contributed by atoms with van der Waals surface area (Å²) in [7, 11) is -3.58. The Kier molecular flexibility index (Phi) is 4.12. The molecule has 1 aromatic rings. The topological polar surface area (TPSA) is 101 Å². The van der Waals surface area contributed by atoms with Gasteiger partial charge in [-0.25, -0.2) is 13.6 Å². The van der Waals surface area contributed by atoms with Gasteiger partial charge in [-0.05, 0) is 24.6 Å². The van der Waals surface area contributed by atoms with Gasteiger partial charge in [0.15, 0.2) is 0 Å². The molecule has 6 nitrogen and oxygen atoms in total. The molecule has 2 atom stereocenters. The largest absolute Gasteiger partial charge is 0.389 e. The van der Waals surface area contributed by atoms with Crippen LogP contribution in [0.1, 0.15) is 25.0 Å². The summed E-state index contributed by atoms with van der Waals surface area (Å²) in [5, 5.41) is 14.6. The summed E-state index contributed by atoms with van der Waals surface area (Å²) >= 11 is 0. The van der Waals surface area contributed by atoms with Gasteiger partial charge in [-0.2, -0.15) is 0 Å². The van der Waals surface area contributed by atoms with E-state index in [-0.39, 0.29) is 24.0 Å². The molecule has 1 amide bonds. The van der Waals surface area contributed by atoms with Crippen LogP contribution in [0, 0.1) is 5.92 Å². The first kappa shape index (κ1) is 15.0. The van der Waals surface area contributed by atoms with Crippen molar-refractivity contribution in [3.05, 3.63) is 29.8 Å². The summed E-state index contributed by atoms with van der Waals surface area (Å²) in [5.41, 5.74) is 1.38. The monoisotopic (exact) mass is 298 g/mol. The number of hydrogen-bond donors (Lipinski definition) is 2. The summed E-state index contributed by atoms with van der Waals surface area (Å²) in [5.74, 6) is -0.597.